The molecule has 0 unspecified atom stereocenters. The zero-order valence-electron chi connectivity index (χ0n) is 19.3. The second kappa shape index (κ2) is 12.9. The van der Waals surface area contributed by atoms with Crippen LogP contribution in [0.1, 0.15) is 70.4 Å². The Morgan fingerprint density at radius 1 is 1.16 bits per heavy atom. The molecule has 1 rings (SSSR count). The van der Waals surface area contributed by atoms with Gasteiger partial charge in [-0.25, -0.2) is 9.18 Å². The highest BCUT2D eigenvalue weighted by Crippen LogP contribution is 2.26. The predicted molar refractivity (Wildman–Crippen MR) is 118 cm³/mol. The van der Waals surface area contributed by atoms with Gasteiger partial charge in [0.2, 0.25) is 5.91 Å². The maximum atomic E-state index is 15.0. The van der Waals surface area contributed by atoms with E-state index in [4.69, 9.17) is 20.3 Å². The molecule has 0 radical (unpaired) electrons. The Morgan fingerprint density at radius 2 is 1.84 bits per heavy atom. The lowest BCUT2D eigenvalue weighted by molar-refractivity contribution is -0.137. The summed E-state index contributed by atoms with van der Waals surface area (Å²) in [6.07, 6.45) is 2.05. The molecule has 1 aromatic rings. The number of benzene rings is 1. The molecule has 2 amide bonds. The minimum absolute atomic E-state index is 0.0296. The van der Waals surface area contributed by atoms with Crippen LogP contribution in [0, 0.1) is 12.7 Å². The molecule has 0 aliphatic heterocycles. The normalized spacial score (nSPS) is 12.2. The van der Waals surface area contributed by atoms with E-state index in [-0.39, 0.29) is 31.6 Å². The summed E-state index contributed by atoms with van der Waals surface area (Å²) in [7, 11) is 0. The van der Waals surface area contributed by atoms with Crippen LogP contribution < -0.4 is 15.8 Å². The quantitative estimate of drug-likeness (QED) is 0.388. The van der Waals surface area contributed by atoms with Crippen molar-refractivity contribution in [2.45, 2.75) is 84.3 Å². The molecular formula is C23H35FN2O6. The number of amides is 2. The van der Waals surface area contributed by atoms with Crippen molar-refractivity contribution in [2.75, 3.05) is 6.61 Å². The molecule has 1 atom stereocenters. The summed E-state index contributed by atoms with van der Waals surface area (Å²) >= 11 is 0. The molecule has 0 fully saturated rings. The number of alkyl carbamates (subject to hydrolysis) is 1. The number of carboxylic acids is 1. The van der Waals surface area contributed by atoms with Gasteiger partial charge in [0.1, 0.15) is 12.2 Å². The SMILES string of the molecule is Cc1ccc(OC[C@H](CCC(N)=O)NC(=O)OC(C)(C)C)c(F)c1CCCCCC(=O)O. The van der Waals surface area contributed by atoms with Crippen molar-refractivity contribution >= 4 is 18.0 Å². The number of carboxylic acid groups (broad SMARTS) is 1. The summed E-state index contributed by atoms with van der Waals surface area (Å²) in [6.45, 7) is 6.93. The third-order valence-corrected chi connectivity index (χ3v) is 4.66. The Kier molecular flexibility index (Phi) is 10.9. The van der Waals surface area contributed by atoms with Crippen LogP contribution in [0.4, 0.5) is 9.18 Å². The molecule has 0 saturated carbocycles. The Balaban J connectivity index is 2.77. The monoisotopic (exact) mass is 454 g/mol. The average molecular weight is 455 g/mol. The van der Waals surface area contributed by atoms with Crippen molar-refractivity contribution in [1.82, 2.24) is 5.32 Å². The number of aliphatic carboxylic acids is 1. The Labute approximate surface area is 188 Å². The van der Waals surface area contributed by atoms with Crippen LogP contribution in [0.5, 0.6) is 5.75 Å². The second-order valence-electron chi connectivity index (χ2n) is 8.79. The number of halogens is 1. The molecule has 32 heavy (non-hydrogen) atoms. The lowest BCUT2D eigenvalue weighted by Crippen LogP contribution is -2.42. The molecule has 9 heteroatoms. The molecule has 1 aromatic carbocycles. The maximum absolute atomic E-state index is 15.0. The number of carbonyl (C=O) groups excluding carboxylic acids is 2. The number of aryl methyl sites for hydroxylation is 1. The zero-order valence-corrected chi connectivity index (χ0v) is 19.3. The van der Waals surface area contributed by atoms with Gasteiger partial charge in [-0.05, 0) is 70.6 Å². The van der Waals surface area contributed by atoms with E-state index < -0.39 is 35.4 Å². The Hall–Kier alpha value is -2.84. The molecule has 180 valence electrons. The first-order valence-electron chi connectivity index (χ1n) is 10.8. The lowest BCUT2D eigenvalue weighted by Gasteiger charge is -2.24. The molecule has 0 aliphatic carbocycles. The number of ether oxygens (including phenoxy) is 2. The first-order valence-corrected chi connectivity index (χ1v) is 10.8. The van der Waals surface area contributed by atoms with E-state index in [0.717, 1.165) is 5.56 Å². The van der Waals surface area contributed by atoms with Gasteiger partial charge >= 0.3 is 12.1 Å². The van der Waals surface area contributed by atoms with E-state index in [1.807, 2.05) is 0 Å². The van der Waals surface area contributed by atoms with Crippen LogP contribution in [-0.2, 0) is 20.7 Å². The number of unbranched alkanes of at least 4 members (excludes halogenated alkanes) is 2. The molecule has 0 spiro atoms. The van der Waals surface area contributed by atoms with Gasteiger partial charge in [-0.2, -0.15) is 0 Å². The minimum Gasteiger partial charge on any atom is -0.488 e. The largest absolute Gasteiger partial charge is 0.488 e. The van der Waals surface area contributed by atoms with E-state index in [0.29, 0.717) is 31.2 Å². The number of primary amides is 1. The van der Waals surface area contributed by atoms with Gasteiger partial charge in [0.25, 0.3) is 0 Å². The van der Waals surface area contributed by atoms with Crippen LogP contribution >= 0.6 is 0 Å². The van der Waals surface area contributed by atoms with Gasteiger partial charge in [0.15, 0.2) is 11.6 Å². The number of rotatable bonds is 13. The van der Waals surface area contributed by atoms with Crippen LogP contribution in [0.3, 0.4) is 0 Å². The molecule has 0 bridgehead atoms. The van der Waals surface area contributed by atoms with Crippen molar-refractivity contribution in [3.8, 4) is 5.75 Å². The van der Waals surface area contributed by atoms with Gasteiger partial charge in [-0.3, -0.25) is 9.59 Å². The summed E-state index contributed by atoms with van der Waals surface area (Å²) in [5, 5.41) is 11.3. The molecule has 0 aliphatic rings. The predicted octanol–water partition coefficient (Wildman–Crippen LogP) is 3.86. The van der Waals surface area contributed by atoms with Crippen LogP contribution in [0.15, 0.2) is 12.1 Å². The van der Waals surface area contributed by atoms with Crippen molar-refractivity contribution in [3.63, 3.8) is 0 Å². The third kappa shape index (κ3) is 11.0. The zero-order chi connectivity index (χ0) is 24.3. The number of carbonyl (C=O) groups is 3. The van der Waals surface area contributed by atoms with Gasteiger partial charge in [0, 0.05) is 12.8 Å². The highest BCUT2D eigenvalue weighted by Gasteiger charge is 2.21. The summed E-state index contributed by atoms with van der Waals surface area (Å²) in [4.78, 5) is 33.8. The number of nitrogens with two attached hydrogens (primary N) is 1. The van der Waals surface area contributed by atoms with E-state index in [9.17, 15) is 14.4 Å². The van der Waals surface area contributed by atoms with Gasteiger partial charge in [-0.1, -0.05) is 12.5 Å². The fourth-order valence-electron chi connectivity index (χ4n) is 3.05. The van der Waals surface area contributed by atoms with E-state index in [1.54, 1.807) is 33.8 Å². The van der Waals surface area contributed by atoms with E-state index >= 15 is 4.39 Å². The standard InChI is InChI=1S/C23H35FN2O6/c1-15-10-12-18(21(24)17(15)8-6-5-7-9-20(28)29)31-14-16(11-13-19(25)27)26-22(30)32-23(2,3)4/h10,12,16H,5-9,11,13-14H2,1-4H3,(H2,25,27)(H,26,30)(H,28,29)/t16-/m0/s1. The molecule has 0 saturated heterocycles. The average Bonchev–Trinajstić information content (AvgIpc) is 2.65. The third-order valence-electron chi connectivity index (χ3n) is 4.66. The minimum atomic E-state index is -0.839. The summed E-state index contributed by atoms with van der Waals surface area (Å²) in [5.74, 6) is -1.79. The fraction of sp³-hybridized carbons (Fsp3) is 0.609. The maximum Gasteiger partial charge on any atom is 0.407 e. The summed E-state index contributed by atoms with van der Waals surface area (Å²) in [6, 6.07) is 2.68. The van der Waals surface area contributed by atoms with E-state index in [1.165, 1.54) is 6.07 Å². The number of hydrogen-bond acceptors (Lipinski definition) is 5. The fourth-order valence-corrected chi connectivity index (χ4v) is 3.05. The molecule has 0 aromatic heterocycles. The van der Waals surface area contributed by atoms with Crippen LogP contribution in [-0.4, -0.2) is 41.3 Å². The van der Waals surface area contributed by atoms with Crippen molar-refractivity contribution in [3.05, 3.63) is 29.1 Å². The summed E-state index contributed by atoms with van der Waals surface area (Å²) in [5.41, 5.74) is 5.82. The van der Waals surface area contributed by atoms with Crippen molar-refractivity contribution < 1.29 is 33.4 Å². The molecule has 8 nitrogen and oxygen atoms in total. The molecule has 4 N–H and O–H groups in total. The van der Waals surface area contributed by atoms with Crippen LogP contribution in [0.2, 0.25) is 0 Å². The van der Waals surface area contributed by atoms with Gasteiger partial charge < -0.3 is 25.6 Å². The number of hydrogen-bond donors (Lipinski definition) is 3. The lowest BCUT2D eigenvalue weighted by atomic mass is 10.0. The first-order chi connectivity index (χ1) is 14.9. The highest BCUT2D eigenvalue weighted by molar-refractivity contribution is 5.74. The Bertz CT molecular complexity index is 791. The first kappa shape index (κ1) is 27.2. The van der Waals surface area contributed by atoms with Crippen LogP contribution in [0.25, 0.3) is 0 Å². The van der Waals surface area contributed by atoms with Gasteiger partial charge in [-0.15, -0.1) is 0 Å². The van der Waals surface area contributed by atoms with Crippen molar-refractivity contribution in [2.24, 2.45) is 5.73 Å². The molecular weight excluding hydrogens is 419 g/mol. The van der Waals surface area contributed by atoms with E-state index in [2.05, 4.69) is 5.32 Å². The smallest absolute Gasteiger partial charge is 0.407 e. The Morgan fingerprint density at radius 3 is 2.44 bits per heavy atom. The molecule has 0 heterocycles. The topological polar surface area (TPSA) is 128 Å². The summed E-state index contributed by atoms with van der Waals surface area (Å²) < 4.78 is 25.9. The number of nitrogens with one attached hydrogen (secondary N) is 1. The highest BCUT2D eigenvalue weighted by atomic mass is 19.1. The van der Waals surface area contributed by atoms with Crippen molar-refractivity contribution in [1.29, 1.82) is 0 Å². The van der Waals surface area contributed by atoms with Gasteiger partial charge in [0.05, 0.1) is 6.04 Å². The second-order valence-corrected chi connectivity index (χ2v) is 8.79.